The average molecular weight is 306 g/mol. The third kappa shape index (κ3) is 12.1. The van der Waals surface area contributed by atoms with Crippen LogP contribution in [0.2, 0.25) is 0 Å². The van der Waals surface area contributed by atoms with Crippen LogP contribution in [-0.4, -0.2) is 54.9 Å². The maximum absolute atomic E-state index is 5.13. The Morgan fingerprint density at radius 2 is 0.952 bits per heavy atom. The second-order valence-electron chi connectivity index (χ2n) is 6.46. The van der Waals surface area contributed by atoms with Crippen molar-refractivity contribution in [1.82, 2.24) is 0 Å². The van der Waals surface area contributed by atoms with Crippen molar-refractivity contribution in [1.29, 1.82) is 0 Å². The zero-order valence-electron chi connectivity index (χ0n) is 15.6. The minimum atomic E-state index is 0.198. The third-order valence-corrected chi connectivity index (χ3v) is 3.68. The van der Waals surface area contributed by atoms with Gasteiger partial charge in [-0.3, -0.25) is 0 Å². The predicted molar refractivity (Wildman–Crippen MR) is 88.9 cm³/mol. The topological polar surface area (TPSA) is 36.9 Å². The molecule has 0 aliphatic carbocycles. The highest BCUT2D eigenvalue weighted by Crippen LogP contribution is 2.23. The fourth-order valence-corrected chi connectivity index (χ4v) is 2.43. The van der Waals surface area contributed by atoms with Crippen LogP contribution in [0.5, 0.6) is 0 Å². The summed E-state index contributed by atoms with van der Waals surface area (Å²) in [5.74, 6) is 0. The van der Waals surface area contributed by atoms with Crippen LogP contribution in [0, 0.1) is 10.8 Å². The Labute approximate surface area is 132 Å². The van der Waals surface area contributed by atoms with Crippen molar-refractivity contribution in [2.45, 2.75) is 47.0 Å². The first-order chi connectivity index (χ1) is 9.86. The molecular formula is C17H38O4. The number of hydrogen-bond acceptors (Lipinski definition) is 4. The lowest BCUT2D eigenvalue weighted by atomic mass is 9.87. The van der Waals surface area contributed by atoms with Crippen LogP contribution in [0.3, 0.4) is 0 Å². The summed E-state index contributed by atoms with van der Waals surface area (Å²) in [6.07, 6.45) is 3.44. The van der Waals surface area contributed by atoms with Crippen LogP contribution in [0.15, 0.2) is 0 Å². The zero-order valence-corrected chi connectivity index (χ0v) is 15.6. The molecule has 0 rings (SSSR count). The molecule has 0 heterocycles. The van der Waals surface area contributed by atoms with Gasteiger partial charge in [0, 0.05) is 39.3 Å². The Morgan fingerprint density at radius 1 is 0.619 bits per heavy atom. The lowest BCUT2D eigenvalue weighted by Gasteiger charge is -2.27. The fraction of sp³-hybridized carbons (Fsp3) is 1.00. The van der Waals surface area contributed by atoms with Crippen molar-refractivity contribution < 1.29 is 18.9 Å². The van der Waals surface area contributed by atoms with E-state index in [2.05, 4.69) is 27.7 Å². The second-order valence-corrected chi connectivity index (χ2v) is 6.46. The van der Waals surface area contributed by atoms with Gasteiger partial charge >= 0.3 is 0 Å². The minimum absolute atomic E-state index is 0.198. The highest BCUT2D eigenvalue weighted by molar-refractivity contribution is 4.72. The minimum Gasteiger partial charge on any atom is -0.384 e. The van der Waals surface area contributed by atoms with E-state index in [0.29, 0.717) is 0 Å². The van der Waals surface area contributed by atoms with Gasteiger partial charge in [-0.15, -0.1) is 0 Å². The summed E-state index contributed by atoms with van der Waals surface area (Å²) in [6.45, 7) is 11.8. The predicted octanol–water partition coefficient (Wildman–Crippen LogP) is 3.78. The normalized spacial score (nSPS) is 12.0. The van der Waals surface area contributed by atoms with E-state index in [9.17, 15) is 0 Å². The number of methoxy groups -OCH3 is 4. The van der Waals surface area contributed by atoms with Crippen LogP contribution in [-0.2, 0) is 18.9 Å². The highest BCUT2D eigenvalue weighted by atomic mass is 16.5. The Hall–Kier alpha value is -0.160. The lowest BCUT2D eigenvalue weighted by molar-refractivity contribution is 0.0163. The third-order valence-electron chi connectivity index (χ3n) is 3.68. The Balaban J connectivity index is 0. The van der Waals surface area contributed by atoms with E-state index in [1.54, 1.807) is 28.4 Å². The van der Waals surface area contributed by atoms with E-state index >= 15 is 0 Å². The van der Waals surface area contributed by atoms with Crippen molar-refractivity contribution in [2.75, 3.05) is 54.9 Å². The first-order valence-electron chi connectivity index (χ1n) is 7.82. The van der Waals surface area contributed by atoms with Gasteiger partial charge in [-0.1, -0.05) is 34.1 Å². The molecule has 0 N–H and O–H groups in total. The molecule has 0 aromatic carbocycles. The van der Waals surface area contributed by atoms with Crippen molar-refractivity contribution in [2.24, 2.45) is 10.8 Å². The lowest BCUT2D eigenvalue weighted by Crippen LogP contribution is -2.27. The monoisotopic (exact) mass is 306 g/mol. The molecule has 4 heteroatoms. The number of hydrogen-bond donors (Lipinski definition) is 0. The first kappa shape index (κ1) is 23.1. The molecule has 0 aliphatic heterocycles. The summed E-state index contributed by atoms with van der Waals surface area (Å²) in [4.78, 5) is 0. The van der Waals surface area contributed by atoms with Gasteiger partial charge in [-0.05, 0) is 12.8 Å². The molecule has 21 heavy (non-hydrogen) atoms. The van der Waals surface area contributed by atoms with Crippen molar-refractivity contribution in [3.8, 4) is 0 Å². The molecule has 0 aromatic rings. The van der Waals surface area contributed by atoms with Gasteiger partial charge in [-0.25, -0.2) is 0 Å². The molecule has 0 amide bonds. The molecular weight excluding hydrogens is 268 g/mol. The summed E-state index contributed by atoms with van der Waals surface area (Å²) in [5, 5.41) is 0. The second kappa shape index (κ2) is 13.5. The van der Waals surface area contributed by atoms with Crippen LogP contribution < -0.4 is 0 Å². The summed E-state index contributed by atoms with van der Waals surface area (Å²) >= 11 is 0. The van der Waals surface area contributed by atoms with E-state index in [1.165, 1.54) is 6.42 Å². The molecule has 0 saturated carbocycles. The van der Waals surface area contributed by atoms with Gasteiger partial charge in [-0.2, -0.15) is 0 Å². The zero-order chi connectivity index (χ0) is 16.8. The van der Waals surface area contributed by atoms with Crippen LogP contribution in [0.25, 0.3) is 0 Å². The molecule has 130 valence electrons. The molecule has 0 bridgehead atoms. The van der Waals surface area contributed by atoms with E-state index in [0.717, 1.165) is 39.3 Å². The van der Waals surface area contributed by atoms with Gasteiger partial charge in [0.1, 0.15) is 0 Å². The maximum Gasteiger partial charge on any atom is 0.0538 e. The number of ether oxygens (including phenoxy) is 4. The smallest absolute Gasteiger partial charge is 0.0538 e. The van der Waals surface area contributed by atoms with Crippen molar-refractivity contribution in [3.05, 3.63) is 0 Å². The molecule has 0 saturated heterocycles. The van der Waals surface area contributed by atoms with E-state index in [1.807, 2.05) is 0 Å². The van der Waals surface area contributed by atoms with Crippen molar-refractivity contribution >= 4 is 0 Å². The van der Waals surface area contributed by atoms with Gasteiger partial charge in [0.05, 0.1) is 26.4 Å². The molecule has 4 nitrogen and oxygen atoms in total. The largest absolute Gasteiger partial charge is 0.384 e. The molecule has 0 fully saturated rings. The van der Waals surface area contributed by atoms with Crippen LogP contribution >= 0.6 is 0 Å². The fourth-order valence-electron chi connectivity index (χ4n) is 2.43. The van der Waals surface area contributed by atoms with Gasteiger partial charge < -0.3 is 18.9 Å². The van der Waals surface area contributed by atoms with E-state index in [4.69, 9.17) is 18.9 Å². The van der Waals surface area contributed by atoms with E-state index < -0.39 is 0 Å². The molecule has 0 aliphatic rings. The molecule has 0 spiro atoms. The van der Waals surface area contributed by atoms with Crippen LogP contribution in [0.4, 0.5) is 0 Å². The Morgan fingerprint density at radius 3 is 1.19 bits per heavy atom. The Kier molecular flexibility index (Phi) is 14.9. The molecule has 0 radical (unpaired) electrons. The van der Waals surface area contributed by atoms with Crippen LogP contribution in [0.1, 0.15) is 47.0 Å². The maximum atomic E-state index is 5.13. The van der Waals surface area contributed by atoms with Crippen molar-refractivity contribution in [3.63, 3.8) is 0 Å². The molecule has 0 atom stereocenters. The molecule has 0 aromatic heterocycles. The van der Waals surface area contributed by atoms with Gasteiger partial charge in [0.15, 0.2) is 0 Å². The first-order valence-corrected chi connectivity index (χ1v) is 7.82. The quantitative estimate of drug-likeness (QED) is 0.582. The summed E-state index contributed by atoms with van der Waals surface area (Å²) in [7, 11) is 6.93. The number of rotatable bonds is 11. The SMILES string of the molecule is CCC(C)(COC)COC.CCCC(C)(COC)COC. The average Bonchev–Trinajstić information content (AvgIpc) is 2.40. The summed E-state index contributed by atoms with van der Waals surface area (Å²) in [5.41, 5.74) is 0.405. The standard InChI is InChI=1S/C9H20O2.C8H18O2/c1-5-6-9(2,7-10-3)8-11-4;1-5-8(2,6-9-3)7-10-4/h5-8H2,1-4H3;5-7H2,1-4H3. The Bertz CT molecular complexity index is 196. The highest BCUT2D eigenvalue weighted by Gasteiger charge is 2.22. The summed E-state index contributed by atoms with van der Waals surface area (Å²) in [6, 6.07) is 0. The van der Waals surface area contributed by atoms with Gasteiger partial charge in [0.25, 0.3) is 0 Å². The van der Waals surface area contributed by atoms with E-state index in [-0.39, 0.29) is 10.8 Å². The van der Waals surface area contributed by atoms with Gasteiger partial charge in [0.2, 0.25) is 0 Å². The molecule has 0 unspecified atom stereocenters. The summed E-state index contributed by atoms with van der Waals surface area (Å²) < 4.78 is 20.4.